The maximum absolute atomic E-state index is 11.2. The molecule has 1 aromatic carbocycles. The number of hydrogen-bond donors (Lipinski definition) is 2. The first-order valence-electron chi connectivity index (χ1n) is 5.04. The maximum atomic E-state index is 11.2. The molecule has 96 valence electrons. The van der Waals surface area contributed by atoms with Crippen molar-refractivity contribution in [3.8, 4) is 0 Å². The average Bonchev–Trinajstić information content (AvgIpc) is 2.79. The SMILES string of the molecule is NS(=O)(=O)c1ccc(Cl)c(NCc2ccsc2)c1. The van der Waals surface area contributed by atoms with E-state index in [0.717, 1.165) is 5.56 Å². The topological polar surface area (TPSA) is 72.2 Å². The van der Waals surface area contributed by atoms with Gasteiger partial charge in [0.1, 0.15) is 0 Å². The highest BCUT2D eigenvalue weighted by Crippen LogP contribution is 2.25. The van der Waals surface area contributed by atoms with Gasteiger partial charge in [0.15, 0.2) is 0 Å². The summed E-state index contributed by atoms with van der Waals surface area (Å²) in [6.07, 6.45) is 0. The van der Waals surface area contributed by atoms with Crippen LogP contribution in [0.1, 0.15) is 5.56 Å². The van der Waals surface area contributed by atoms with E-state index in [2.05, 4.69) is 5.32 Å². The Labute approximate surface area is 114 Å². The molecule has 0 saturated heterocycles. The van der Waals surface area contributed by atoms with Crippen molar-refractivity contribution < 1.29 is 8.42 Å². The normalized spacial score (nSPS) is 11.4. The van der Waals surface area contributed by atoms with Crippen LogP contribution in [0.3, 0.4) is 0 Å². The van der Waals surface area contributed by atoms with Gasteiger partial charge in [0.25, 0.3) is 0 Å². The van der Waals surface area contributed by atoms with Crippen molar-refractivity contribution in [1.82, 2.24) is 0 Å². The van der Waals surface area contributed by atoms with E-state index in [0.29, 0.717) is 17.3 Å². The van der Waals surface area contributed by atoms with Gasteiger partial charge in [-0.05, 0) is 40.6 Å². The first kappa shape index (κ1) is 13.4. The number of halogens is 1. The molecule has 2 rings (SSSR count). The van der Waals surface area contributed by atoms with Crippen LogP contribution in [0.4, 0.5) is 5.69 Å². The number of thiophene rings is 1. The van der Waals surface area contributed by atoms with E-state index >= 15 is 0 Å². The van der Waals surface area contributed by atoms with Crippen molar-refractivity contribution >= 4 is 38.6 Å². The Morgan fingerprint density at radius 2 is 2.11 bits per heavy atom. The summed E-state index contributed by atoms with van der Waals surface area (Å²) in [5.41, 5.74) is 1.66. The molecule has 4 nitrogen and oxygen atoms in total. The molecule has 1 heterocycles. The van der Waals surface area contributed by atoms with Gasteiger partial charge in [-0.2, -0.15) is 11.3 Å². The molecular formula is C11H11ClN2O2S2. The fourth-order valence-electron chi connectivity index (χ4n) is 1.41. The van der Waals surface area contributed by atoms with Crippen LogP contribution in [-0.2, 0) is 16.6 Å². The quantitative estimate of drug-likeness (QED) is 0.912. The lowest BCUT2D eigenvalue weighted by atomic mass is 10.3. The first-order valence-corrected chi connectivity index (χ1v) is 7.91. The van der Waals surface area contributed by atoms with E-state index in [9.17, 15) is 8.42 Å². The fraction of sp³-hybridized carbons (Fsp3) is 0.0909. The summed E-state index contributed by atoms with van der Waals surface area (Å²) in [6, 6.07) is 6.31. The Bertz CT molecular complexity index is 639. The molecule has 7 heteroatoms. The van der Waals surface area contributed by atoms with Crippen molar-refractivity contribution in [2.24, 2.45) is 5.14 Å². The van der Waals surface area contributed by atoms with Crippen LogP contribution in [0.5, 0.6) is 0 Å². The van der Waals surface area contributed by atoms with E-state index in [-0.39, 0.29) is 4.90 Å². The Balaban J connectivity index is 2.22. The molecule has 0 fully saturated rings. The third kappa shape index (κ3) is 3.23. The number of sulfonamides is 1. The summed E-state index contributed by atoms with van der Waals surface area (Å²) in [5.74, 6) is 0. The van der Waals surface area contributed by atoms with Crippen molar-refractivity contribution in [3.05, 3.63) is 45.6 Å². The zero-order chi connectivity index (χ0) is 13.2. The van der Waals surface area contributed by atoms with E-state index in [1.54, 1.807) is 11.3 Å². The summed E-state index contributed by atoms with van der Waals surface area (Å²) < 4.78 is 22.5. The summed E-state index contributed by atoms with van der Waals surface area (Å²) in [4.78, 5) is 0.0414. The number of nitrogens with two attached hydrogens (primary N) is 1. The van der Waals surface area contributed by atoms with Gasteiger partial charge in [-0.3, -0.25) is 0 Å². The largest absolute Gasteiger partial charge is 0.380 e. The number of hydrogen-bond acceptors (Lipinski definition) is 4. The van der Waals surface area contributed by atoms with Crippen LogP contribution in [0, 0.1) is 0 Å². The van der Waals surface area contributed by atoms with E-state index in [1.165, 1.54) is 18.2 Å². The molecule has 0 aliphatic carbocycles. The second kappa shape index (κ2) is 5.27. The number of rotatable bonds is 4. The second-order valence-corrected chi connectivity index (χ2v) is 6.42. The molecule has 0 atom stereocenters. The lowest BCUT2D eigenvalue weighted by Gasteiger charge is -2.09. The van der Waals surface area contributed by atoms with Crippen molar-refractivity contribution in [3.63, 3.8) is 0 Å². The molecule has 18 heavy (non-hydrogen) atoms. The Morgan fingerprint density at radius 1 is 1.33 bits per heavy atom. The van der Waals surface area contributed by atoms with Gasteiger partial charge in [0.2, 0.25) is 10.0 Å². The van der Waals surface area contributed by atoms with E-state index < -0.39 is 10.0 Å². The zero-order valence-corrected chi connectivity index (χ0v) is 11.6. The van der Waals surface area contributed by atoms with Gasteiger partial charge >= 0.3 is 0 Å². The highest BCUT2D eigenvalue weighted by molar-refractivity contribution is 7.89. The minimum Gasteiger partial charge on any atom is -0.380 e. The van der Waals surface area contributed by atoms with Crippen LogP contribution in [0.25, 0.3) is 0 Å². The summed E-state index contributed by atoms with van der Waals surface area (Å²) >= 11 is 7.59. The lowest BCUT2D eigenvalue weighted by Crippen LogP contribution is -2.12. The smallest absolute Gasteiger partial charge is 0.238 e. The standard InChI is InChI=1S/C11H11ClN2O2S2/c12-10-2-1-9(18(13,15)16)5-11(10)14-6-8-3-4-17-7-8/h1-5,7,14H,6H2,(H2,13,15,16). The molecule has 1 aromatic heterocycles. The molecule has 2 aromatic rings. The van der Waals surface area contributed by atoms with Crippen molar-refractivity contribution in [2.45, 2.75) is 11.4 Å². The van der Waals surface area contributed by atoms with Crippen LogP contribution >= 0.6 is 22.9 Å². The van der Waals surface area contributed by atoms with Gasteiger partial charge in [0.05, 0.1) is 15.6 Å². The van der Waals surface area contributed by atoms with E-state index in [1.807, 2.05) is 16.8 Å². The molecule has 0 saturated carbocycles. The molecular weight excluding hydrogens is 292 g/mol. The van der Waals surface area contributed by atoms with Gasteiger partial charge in [-0.1, -0.05) is 11.6 Å². The van der Waals surface area contributed by atoms with Crippen molar-refractivity contribution in [2.75, 3.05) is 5.32 Å². The van der Waals surface area contributed by atoms with Crippen molar-refractivity contribution in [1.29, 1.82) is 0 Å². The number of nitrogens with one attached hydrogen (secondary N) is 1. The molecule has 3 N–H and O–H groups in total. The molecule has 0 radical (unpaired) electrons. The first-order chi connectivity index (χ1) is 8.47. The molecule has 0 bridgehead atoms. The lowest BCUT2D eigenvalue weighted by molar-refractivity contribution is 0.598. The number of benzene rings is 1. The van der Waals surface area contributed by atoms with Crippen LogP contribution < -0.4 is 10.5 Å². The highest BCUT2D eigenvalue weighted by Gasteiger charge is 2.10. The molecule has 0 amide bonds. The van der Waals surface area contributed by atoms with E-state index in [4.69, 9.17) is 16.7 Å². The molecule has 0 spiro atoms. The molecule has 0 unspecified atom stereocenters. The van der Waals surface area contributed by atoms with Crippen LogP contribution in [0.2, 0.25) is 5.02 Å². The fourth-order valence-corrected chi connectivity index (χ4v) is 2.80. The highest BCUT2D eigenvalue weighted by atomic mass is 35.5. The second-order valence-electron chi connectivity index (χ2n) is 3.67. The summed E-state index contributed by atoms with van der Waals surface area (Å²) in [6.45, 7) is 0.581. The Morgan fingerprint density at radius 3 is 2.72 bits per heavy atom. The maximum Gasteiger partial charge on any atom is 0.238 e. The monoisotopic (exact) mass is 302 g/mol. The van der Waals surface area contributed by atoms with Gasteiger partial charge in [-0.25, -0.2) is 13.6 Å². The molecule has 0 aliphatic rings. The summed E-state index contributed by atoms with van der Waals surface area (Å²) in [5, 5.41) is 12.6. The Hall–Kier alpha value is -1.08. The van der Waals surface area contributed by atoms with Gasteiger partial charge < -0.3 is 5.32 Å². The minimum absolute atomic E-state index is 0.0414. The predicted molar refractivity (Wildman–Crippen MR) is 74.5 cm³/mol. The van der Waals surface area contributed by atoms with Gasteiger partial charge in [-0.15, -0.1) is 0 Å². The summed E-state index contributed by atoms with van der Waals surface area (Å²) in [7, 11) is -3.71. The third-order valence-electron chi connectivity index (χ3n) is 2.33. The third-order valence-corrected chi connectivity index (χ3v) is 4.30. The van der Waals surface area contributed by atoms with Crippen LogP contribution in [0.15, 0.2) is 39.9 Å². The Kier molecular flexibility index (Phi) is 3.91. The molecule has 0 aliphatic heterocycles. The number of anilines is 1. The minimum atomic E-state index is -3.71. The van der Waals surface area contributed by atoms with Crippen LogP contribution in [-0.4, -0.2) is 8.42 Å². The van der Waals surface area contributed by atoms with Gasteiger partial charge in [0, 0.05) is 6.54 Å². The zero-order valence-electron chi connectivity index (χ0n) is 9.26. The number of primary sulfonamides is 1. The predicted octanol–water partition coefficient (Wildman–Crippen LogP) is 2.66. The average molecular weight is 303 g/mol.